The average molecular weight is 360 g/mol. The fourth-order valence-corrected chi connectivity index (χ4v) is 2.87. The van der Waals surface area contributed by atoms with Gasteiger partial charge in [0.15, 0.2) is 5.58 Å². The topological polar surface area (TPSA) is 74.1 Å². The molecule has 8 heteroatoms. The van der Waals surface area contributed by atoms with Gasteiger partial charge >= 0.3 is 5.76 Å². The molecule has 4 aromatic rings. The molecule has 0 saturated carbocycles. The van der Waals surface area contributed by atoms with Crippen molar-refractivity contribution in [1.29, 1.82) is 0 Å². The number of fused-ring (bicyclic) bond motifs is 1. The third-order valence-electron chi connectivity index (χ3n) is 3.83. The molecule has 126 valence electrons. The maximum absolute atomic E-state index is 13.2. The molecule has 0 N–H and O–H groups in total. The Labute approximate surface area is 145 Å². The SMILES string of the molecule is CCn1c(=O)oc2cc(-c3noc(-c4ccc(F)cc4Cl)n3)ccc21. The van der Waals surface area contributed by atoms with E-state index in [1.54, 1.807) is 18.2 Å². The Morgan fingerprint density at radius 3 is 2.84 bits per heavy atom. The summed E-state index contributed by atoms with van der Waals surface area (Å²) in [4.78, 5) is 16.1. The van der Waals surface area contributed by atoms with Crippen LogP contribution in [0.5, 0.6) is 0 Å². The molecule has 25 heavy (non-hydrogen) atoms. The van der Waals surface area contributed by atoms with Crippen molar-refractivity contribution in [3.8, 4) is 22.8 Å². The smallest absolute Gasteiger partial charge is 0.408 e. The van der Waals surface area contributed by atoms with E-state index in [1.807, 2.05) is 6.92 Å². The minimum Gasteiger partial charge on any atom is -0.408 e. The third kappa shape index (κ3) is 2.62. The Hall–Kier alpha value is -2.93. The van der Waals surface area contributed by atoms with Crippen LogP contribution in [0.25, 0.3) is 33.9 Å². The predicted molar refractivity (Wildman–Crippen MR) is 89.8 cm³/mol. The van der Waals surface area contributed by atoms with E-state index in [2.05, 4.69) is 10.1 Å². The highest BCUT2D eigenvalue weighted by Crippen LogP contribution is 2.29. The molecule has 0 unspecified atom stereocenters. The van der Waals surface area contributed by atoms with Crippen molar-refractivity contribution < 1.29 is 13.3 Å². The van der Waals surface area contributed by atoms with E-state index in [-0.39, 0.29) is 10.9 Å². The van der Waals surface area contributed by atoms with Gasteiger partial charge in [0, 0.05) is 12.1 Å². The molecule has 0 spiro atoms. The summed E-state index contributed by atoms with van der Waals surface area (Å²) in [5, 5.41) is 4.09. The molecular weight excluding hydrogens is 349 g/mol. The normalized spacial score (nSPS) is 11.3. The molecule has 0 saturated heterocycles. The second kappa shape index (κ2) is 5.86. The fraction of sp³-hybridized carbons (Fsp3) is 0.118. The lowest BCUT2D eigenvalue weighted by Crippen LogP contribution is -2.11. The van der Waals surface area contributed by atoms with E-state index in [0.717, 1.165) is 0 Å². The lowest BCUT2D eigenvalue weighted by atomic mass is 10.2. The summed E-state index contributed by atoms with van der Waals surface area (Å²) < 4.78 is 25.1. The van der Waals surface area contributed by atoms with Gasteiger partial charge in [-0.15, -0.1) is 0 Å². The van der Waals surface area contributed by atoms with Crippen molar-refractivity contribution >= 4 is 22.7 Å². The number of halogens is 2. The number of oxazole rings is 1. The van der Waals surface area contributed by atoms with E-state index in [9.17, 15) is 9.18 Å². The zero-order valence-electron chi connectivity index (χ0n) is 13.0. The Balaban J connectivity index is 1.77. The zero-order chi connectivity index (χ0) is 17.6. The van der Waals surface area contributed by atoms with Crippen molar-refractivity contribution in [2.45, 2.75) is 13.5 Å². The van der Waals surface area contributed by atoms with E-state index in [1.165, 1.54) is 22.8 Å². The second-order valence-corrected chi connectivity index (χ2v) is 5.75. The Kier molecular flexibility index (Phi) is 3.65. The molecule has 0 amide bonds. The number of aromatic nitrogens is 3. The van der Waals surface area contributed by atoms with Crippen LogP contribution in [0.3, 0.4) is 0 Å². The van der Waals surface area contributed by atoms with Crippen LogP contribution in [-0.4, -0.2) is 14.7 Å². The van der Waals surface area contributed by atoms with Crippen LogP contribution >= 0.6 is 11.6 Å². The minimum absolute atomic E-state index is 0.174. The summed E-state index contributed by atoms with van der Waals surface area (Å²) in [7, 11) is 0. The van der Waals surface area contributed by atoms with Crippen molar-refractivity contribution in [3.05, 3.63) is 57.8 Å². The summed E-state index contributed by atoms with van der Waals surface area (Å²) in [6.07, 6.45) is 0. The first-order valence-corrected chi connectivity index (χ1v) is 7.87. The summed E-state index contributed by atoms with van der Waals surface area (Å²) >= 11 is 6.01. The molecule has 0 radical (unpaired) electrons. The molecule has 2 aromatic heterocycles. The maximum atomic E-state index is 13.2. The first kappa shape index (κ1) is 15.6. The second-order valence-electron chi connectivity index (χ2n) is 5.34. The molecule has 0 aliphatic heterocycles. The summed E-state index contributed by atoms with van der Waals surface area (Å²) in [5.74, 6) is -0.382. The molecule has 0 fully saturated rings. The molecule has 0 aliphatic carbocycles. The van der Waals surface area contributed by atoms with E-state index in [0.29, 0.717) is 34.6 Å². The van der Waals surface area contributed by atoms with Gasteiger partial charge in [-0.25, -0.2) is 9.18 Å². The van der Waals surface area contributed by atoms with Gasteiger partial charge in [0.1, 0.15) is 5.82 Å². The van der Waals surface area contributed by atoms with Crippen LogP contribution in [0, 0.1) is 5.82 Å². The van der Waals surface area contributed by atoms with Crippen LogP contribution in [0.1, 0.15) is 6.92 Å². The highest BCUT2D eigenvalue weighted by Gasteiger charge is 2.16. The van der Waals surface area contributed by atoms with Crippen LogP contribution in [0.15, 0.2) is 50.1 Å². The number of rotatable bonds is 3. The molecule has 0 aliphatic rings. The maximum Gasteiger partial charge on any atom is 0.419 e. The molecule has 2 heterocycles. The lowest BCUT2D eigenvalue weighted by molar-refractivity contribution is 0.432. The third-order valence-corrected chi connectivity index (χ3v) is 4.14. The fourth-order valence-electron chi connectivity index (χ4n) is 2.62. The Morgan fingerprint density at radius 2 is 2.08 bits per heavy atom. The van der Waals surface area contributed by atoms with E-state index in [4.69, 9.17) is 20.5 Å². The van der Waals surface area contributed by atoms with Gasteiger partial charge in [-0.3, -0.25) is 4.57 Å². The highest BCUT2D eigenvalue weighted by atomic mass is 35.5. The average Bonchev–Trinajstić information content (AvgIpc) is 3.17. The number of benzene rings is 2. The number of aryl methyl sites for hydroxylation is 1. The van der Waals surface area contributed by atoms with Gasteiger partial charge in [-0.05, 0) is 43.3 Å². The van der Waals surface area contributed by atoms with Crippen LogP contribution in [0.4, 0.5) is 4.39 Å². The van der Waals surface area contributed by atoms with Gasteiger partial charge in [-0.1, -0.05) is 16.8 Å². The van der Waals surface area contributed by atoms with Crippen LogP contribution < -0.4 is 5.76 Å². The number of hydrogen-bond donors (Lipinski definition) is 0. The molecule has 0 bridgehead atoms. The summed E-state index contributed by atoms with van der Waals surface area (Å²) in [6.45, 7) is 2.38. The van der Waals surface area contributed by atoms with Crippen LogP contribution in [0.2, 0.25) is 5.02 Å². The van der Waals surface area contributed by atoms with Crippen molar-refractivity contribution in [1.82, 2.24) is 14.7 Å². The number of nitrogens with zero attached hydrogens (tertiary/aromatic N) is 3. The van der Waals surface area contributed by atoms with Crippen molar-refractivity contribution in [2.24, 2.45) is 0 Å². The van der Waals surface area contributed by atoms with Gasteiger partial charge in [0.05, 0.1) is 16.1 Å². The van der Waals surface area contributed by atoms with Gasteiger partial charge in [0.25, 0.3) is 5.89 Å². The number of hydrogen-bond acceptors (Lipinski definition) is 5. The zero-order valence-corrected chi connectivity index (χ0v) is 13.7. The molecule has 0 atom stereocenters. The van der Waals surface area contributed by atoms with Gasteiger partial charge in [0.2, 0.25) is 5.82 Å². The molecule has 4 rings (SSSR count). The van der Waals surface area contributed by atoms with E-state index >= 15 is 0 Å². The largest absolute Gasteiger partial charge is 0.419 e. The first-order chi connectivity index (χ1) is 12.1. The van der Waals surface area contributed by atoms with Gasteiger partial charge in [-0.2, -0.15) is 4.98 Å². The highest BCUT2D eigenvalue weighted by molar-refractivity contribution is 6.33. The monoisotopic (exact) mass is 359 g/mol. The molecule has 6 nitrogen and oxygen atoms in total. The summed E-state index contributed by atoms with van der Waals surface area (Å²) in [6, 6.07) is 9.11. The minimum atomic E-state index is -0.450. The van der Waals surface area contributed by atoms with Gasteiger partial charge < -0.3 is 8.94 Å². The lowest BCUT2D eigenvalue weighted by Gasteiger charge is -1.98. The summed E-state index contributed by atoms with van der Waals surface area (Å²) in [5.41, 5.74) is 2.20. The Morgan fingerprint density at radius 1 is 1.24 bits per heavy atom. The van der Waals surface area contributed by atoms with Crippen LogP contribution in [-0.2, 0) is 6.54 Å². The van der Waals surface area contributed by atoms with E-state index < -0.39 is 11.6 Å². The van der Waals surface area contributed by atoms with Crippen molar-refractivity contribution in [2.75, 3.05) is 0 Å². The van der Waals surface area contributed by atoms with Crippen molar-refractivity contribution in [3.63, 3.8) is 0 Å². The molecular formula is C17H11ClFN3O3. The first-order valence-electron chi connectivity index (χ1n) is 7.49. The standard InChI is InChI=1S/C17H11ClFN3O3/c1-2-22-13-6-3-9(7-14(13)24-17(22)23)15-20-16(25-21-15)11-5-4-10(19)8-12(11)18/h3-8H,2H2,1H3. The quantitative estimate of drug-likeness (QED) is 0.550. The predicted octanol–water partition coefficient (Wildman–Crippen LogP) is 4.12. The molecule has 2 aromatic carbocycles. The Bertz CT molecular complexity index is 1150.